The molecule has 0 fully saturated rings. The number of ether oxygens (including phenoxy) is 1. The highest BCUT2D eigenvalue weighted by atomic mass is 16.5. The van der Waals surface area contributed by atoms with Crippen LogP contribution >= 0.6 is 0 Å². The number of unbranched alkanes of at least 4 members (excludes halogenated alkanes) is 16. The number of rotatable bonds is 38. The highest BCUT2D eigenvalue weighted by Crippen LogP contribution is 2.15. The Labute approximate surface area is 349 Å². The maximum absolute atomic E-state index is 13.1. The van der Waals surface area contributed by atoms with E-state index in [1.807, 2.05) is 54.7 Å². The number of hydrogen-bond donors (Lipinski definition) is 3. The van der Waals surface area contributed by atoms with E-state index in [0.717, 1.165) is 70.6 Å². The Bertz CT molecular complexity index is 1200. The lowest BCUT2D eigenvalue weighted by atomic mass is 10.0. The van der Waals surface area contributed by atoms with Crippen molar-refractivity contribution in [2.45, 2.75) is 193 Å². The van der Waals surface area contributed by atoms with E-state index >= 15 is 0 Å². The van der Waals surface area contributed by atoms with Gasteiger partial charge in [0.2, 0.25) is 5.91 Å². The van der Waals surface area contributed by atoms with Crippen molar-refractivity contribution in [2.75, 3.05) is 6.61 Å². The molecule has 1 amide bonds. The summed E-state index contributed by atoms with van der Waals surface area (Å²) in [5.41, 5.74) is 0. The van der Waals surface area contributed by atoms with E-state index in [1.54, 1.807) is 0 Å². The molecule has 0 saturated heterocycles. The number of esters is 1. The first-order chi connectivity index (χ1) is 28.0. The van der Waals surface area contributed by atoms with Crippen LogP contribution in [0.15, 0.2) is 109 Å². The minimum absolute atomic E-state index is 0.0355. The van der Waals surface area contributed by atoms with Crippen molar-refractivity contribution in [1.82, 2.24) is 5.32 Å². The molecule has 57 heavy (non-hydrogen) atoms. The summed E-state index contributed by atoms with van der Waals surface area (Å²) in [7, 11) is 0. The van der Waals surface area contributed by atoms with Crippen LogP contribution in [0.1, 0.15) is 175 Å². The van der Waals surface area contributed by atoms with Gasteiger partial charge in [-0.05, 0) is 44.9 Å². The third kappa shape index (κ3) is 39.1. The van der Waals surface area contributed by atoms with Crippen LogP contribution in [-0.4, -0.2) is 46.9 Å². The summed E-state index contributed by atoms with van der Waals surface area (Å²) in [5.74, 6) is -0.650. The Kier molecular flexibility index (Phi) is 41.0. The number of aliphatic hydroxyl groups excluding tert-OH is 2. The van der Waals surface area contributed by atoms with Crippen LogP contribution in [0.5, 0.6) is 0 Å². The Hall–Kier alpha value is -3.48. The predicted molar refractivity (Wildman–Crippen MR) is 245 cm³/mol. The first-order valence-corrected chi connectivity index (χ1v) is 22.7. The molecular weight excluding hydrogens is 707 g/mol. The van der Waals surface area contributed by atoms with Crippen molar-refractivity contribution in [3.8, 4) is 0 Å². The molecule has 0 radical (unpaired) electrons. The van der Waals surface area contributed by atoms with Gasteiger partial charge in [0, 0.05) is 12.8 Å². The van der Waals surface area contributed by atoms with E-state index in [1.165, 1.54) is 57.8 Å². The molecule has 322 valence electrons. The minimum Gasteiger partial charge on any atom is -0.461 e. The maximum Gasteiger partial charge on any atom is 0.306 e. The van der Waals surface area contributed by atoms with Gasteiger partial charge in [0.1, 0.15) is 6.10 Å². The Morgan fingerprint density at radius 3 is 1.53 bits per heavy atom. The van der Waals surface area contributed by atoms with Crippen LogP contribution in [0.25, 0.3) is 0 Å². The molecule has 6 nitrogen and oxygen atoms in total. The molecule has 0 aromatic rings. The molecular formula is C51H83NO5. The van der Waals surface area contributed by atoms with Gasteiger partial charge in [0.05, 0.1) is 25.2 Å². The third-order valence-electron chi connectivity index (χ3n) is 9.56. The quantitative estimate of drug-likeness (QED) is 0.0329. The molecule has 0 bridgehead atoms. The Morgan fingerprint density at radius 1 is 0.544 bits per heavy atom. The average Bonchev–Trinajstić information content (AvgIpc) is 3.20. The molecule has 0 aliphatic rings. The second kappa shape index (κ2) is 43.6. The van der Waals surface area contributed by atoms with Gasteiger partial charge in [-0.2, -0.15) is 0 Å². The molecule has 0 saturated carbocycles. The lowest BCUT2D eigenvalue weighted by Gasteiger charge is -2.24. The zero-order chi connectivity index (χ0) is 41.7. The fraction of sp³-hybridized carbons (Fsp3) is 0.608. The molecule has 0 aliphatic heterocycles. The van der Waals surface area contributed by atoms with Crippen LogP contribution in [0.2, 0.25) is 0 Å². The van der Waals surface area contributed by atoms with Crippen molar-refractivity contribution < 1.29 is 24.5 Å². The predicted octanol–water partition coefficient (Wildman–Crippen LogP) is 13.2. The number of hydrogen-bond acceptors (Lipinski definition) is 5. The fourth-order valence-electron chi connectivity index (χ4n) is 6.11. The summed E-state index contributed by atoms with van der Waals surface area (Å²) < 4.78 is 5.80. The fourth-order valence-corrected chi connectivity index (χ4v) is 6.11. The largest absolute Gasteiger partial charge is 0.461 e. The standard InChI is InChI=1S/C51H83NO5/c1-4-7-10-13-16-19-21-22-23-24-25-26-27-29-32-35-38-41-44-51(56)57-47(42-39-36-33-31-28-20-17-14-11-8-5-2)45-50(55)52-48(46-53)49(54)43-40-37-34-30-18-15-12-9-6-3/h8,11,14,16-17,19-26,28,31,33,36,39,47-49,53-54H,4-7,9-10,12-13,15,18,27,29-30,32,34-35,37-38,40-46H2,1-3H3,(H,52,55)/b11-8+,17-14+,19-16+,22-21+,24-23+,26-25+,28-20-,33-31-,39-36+. The molecule has 6 heteroatoms. The van der Waals surface area contributed by atoms with Gasteiger partial charge in [-0.15, -0.1) is 0 Å². The molecule has 3 atom stereocenters. The van der Waals surface area contributed by atoms with E-state index in [4.69, 9.17) is 4.74 Å². The van der Waals surface area contributed by atoms with E-state index in [0.29, 0.717) is 19.3 Å². The van der Waals surface area contributed by atoms with E-state index in [-0.39, 0.29) is 24.9 Å². The van der Waals surface area contributed by atoms with E-state index in [9.17, 15) is 19.8 Å². The number of nitrogens with one attached hydrogen (secondary N) is 1. The number of amides is 1. The summed E-state index contributed by atoms with van der Waals surface area (Å²) in [4.78, 5) is 25.9. The van der Waals surface area contributed by atoms with Crippen LogP contribution in [0.4, 0.5) is 0 Å². The van der Waals surface area contributed by atoms with Crippen molar-refractivity contribution >= 4 is 11.9 Å². The first-order valence-electron chi connectivity index (χ1n) is 22.7. The van der Waals surface area contributed by atoms with Gasteiger partial charge in [0.25, 0.3) is 0 Å². The molecule has 0 spiro atoms. The number of allylic oxidation sites excluding steroid dienone is 17. The summed E-state index contributed by atoms with van der Waals surface area (Å²) >= 11 is 0. The number of carbonyl (C=O) groups is 2. The minimum atomic E-state index is -0.826. The number of carbonyl (C=O) groups excluding carboxylic acids is 2. The van der Waals surface area contributed by atoms with Gasteiger partial charge < -0.3 is 20.3 Å². The zero-order valence-electron chi connectivity index (χ0n) is 36.4. The van der Waals surface area contributed by atoms with Gasteiger partial charge in [-0.25, -0.2) is 0 Å². The normalized spacial score (nSPS) is 14.4. The van der Waals surface area contributed by atoms with Crippen molar-refractivity contribution in [3.63, 3.8) is 0 Å². The smallest absolute Gasteiger partial charge is 0.306 e. The van der Waals surface area contributed by atoms with Crippen LogP contribution in [0.3, 0.4) is 0 Å². The SMILES string of the molecule is CC/C=C/C=C/C=C\C=C/C=C/CC(CC(=O)NC(CO)C(O)CCCCCCCCCCC)OC(=O)CCCCCCC/C=C/C=C/C=C/C=C/CCCCC. The molecule has 0 aromatic carbocycles. The summed E-state index contributed by atoms with van der Waals surface area (Å²) in [6.07, 6.45) is 58.8. The van der Waals surface area contributed by atoms with Crippen molar-refractivity contribution in [2.24, 2.45) is 0 Å². The molecule has 0 aromatic heterocycles. The van der Waals surface area contributed by atoms with E-state index in [2.05, 4.69) is 80.8 Å². The molecule has 0 rings (SSSR count). The Balaban J connectivity index is 4.77. The van der Waals surface area contributed by atoms with Crippen LogP contribution < -0.4 is 5.32 Å². The monoisotopic (exact) mass is 790 g/mol. The van der Waals surface area contributed by atoms with Crippen LogP contribution in [0, 0.1) is 0 Å². The third-order valence-corrected chi connectivity index (χ3v) is 9.56. The summed E-state index contributed by atoms with van der Waals surface area (Å²) in [6, 6.07) is -0.749. The first kappa shape index (κ1) is 53.5. The lowest BCUT2D eigenvalue weighted by Crippen LogP contribution is -2.46. The molecule has 0 heterocycles. The summed E-state index contributed by atoms with van der Waals surface area (Å²) in [6.45, 7) is 6.20. The highest BCUT2D eigenvalue weighted by molar-refractivity contribution is 5.77. The number of aliphatic hydroxyl groups is 2. The van der Waals surface area contributed by atoms with E-state index < -0.39 is 18.2 Å². The Morgan fingerprint density at radius 2 is 0.982 bits per heavy atom. The second-order valence-corrected chi connectivity index (χ2v) is 14.9. The molecule has 0 aliphatic carbocycles. The zero-order valence-corrected chi connectivity index (χ0v) is 36.4. The molecule has 3 unspecified atom stereocenters. The van der Waals surface area contributed by atoms with Crippen LogP contribution in [-0.2, 0) is 14.3 Å². The maximum atomic E-state index is 13.1. The summed E-state index contributed by atoms with van der Waals surface area (Å²) in [5, 5.41) is 23.5. The molecule has 3 N–H and O–H groups in total. The topological polar surface area (TPSA) is 95.9 Å². The van der Waals surface area contributed by atoms with Crippen molar-refractivity contribution in [1.29, 1.82) is 0 Å². The second-order valence-electron chi connectivity index (χ2n) is 14.9. The van der Waals surface area contributed by atoms with Gasteiger partial charge in [0.15, 0.2) is 0 Å². The van der Waals surface area contributed by atoms with Gasteiger partial charge >= 0.3 is 5.97 Å². The average molecular weight is 790 g/mol. The highest BCUT2D eigenvalue weighted by Gasteiger charge is 2.23. The van der Waals surface area contributed by atoms with Gasteiger partial charge in [-0.1, -0.05) is 220 Å². The lowest BCUT2D eigenvalue weighted by molar-refractivity contribution is -0.150. The van der Waals surface area contributed by atoms with Gasteiger partial charge in [-0.3, -0.25) is 9.59 Å². The van der Waals surface area contributed by atoms with Crippen molar-refractivity contribution in [3.05, 3.63) is 109 Å².